The molecule has 0 unspecified atom stereocenters. The molecule has 0 radical (unpaired) electrons. The zero-order valence-corrected chi connectivity index (χ0v) is 11.4. The van der Waals surface area contributed by atoms with Gasteiger partial charge in [-0.3, -0.25) is 4.98 Å². The first kappa shape index (κ1) is 16.5. The van der Waals surface area contributed by atoms with E-state index in [4.69, 9.17) is 14.3 Å². The molecule has 0 saturated carbocycles. The van der Waals surface area contributed by atoms with Gasteiger partial charge in [-0.25, -0.2) is 4.79 Å². The van der Waals surface area contributed by atoms with Crippen molar-refractivity contribution in [3.8, 4) is 5.75 Å². The summed E-state index contributed by atoms with van der Waals surface area (Å²) in [6, 6.07) is 7.60. The van der Waals surface area contributed by atoms with Crippen LogP contribution in [0.1, 0.15) is 21.7 Å². The van der Waals surface area contributed by atoms with Crippen molar-refractivity contribution in [2.24, 2.45) is 0 Å². The van der Waals surface area contributed by atoms with E-state index in [9.17, 15) is 4.79 Å². The summed E-state index contributed by atoms with van der Waals surface area (Å²) in [5.41, 5.74) is 2.07. The Morgan fingerprint density at radius 3 is 2.82 bits per heavy atom. The summed E-state index contributed by atoms with van der Waals surface area (Å²) in [6.07, 6.45) is 5.65. The van der Waals surface area contributed by atoms with E-state index in [2.05, 4.69) is 4.98 Å². The molecule has 2 heterocycles. The van der Waals surface area contributed by atoms with Crippen molar-refractivity contribution in [3.63, 3.8) is 0 Å². The number of carboxylic acid groups (broad SMARTS) is 1. The molecular formula is C16H14NNaO4. The molecule has 0 saturated heterocycles. The van der Waals surface area contributed by atoms with Crippen LogP contribution in [0.15, 0.2) is 47.3 Å². The van der Waals surface area contributed by atoms with Gasteiger partial charge in [0, 0.05) is 17.8 Å². The summed E-state index contributed by atoms with van der Waals surface area (Å²) in [6.45, 7) is 0. The minimum atomic E-state index is -1.11. The van der Waals surface area contributed by atoms with E-state index in [0.29, 0.717) is 22.9 Å². The Labute approximate surface area is 149 Å². The molecule has 1 aromatic carbocycles. The first-order valence-electron chi connectivity index (χ1n) is 6.39. The van der Waals surface area contributed by atoms with Gasteiger partial charge in [0.15, 0.2) is 0 Å². The van der Waals surface area contributed by atoms with Crippen LogP contribution in [0.25, 0.3) is 10.8 Å². The van der Waals surface area contributed by atoms with Crippen LogP contribution in [0.4, 0.5) is 0 Å². The zero-order chi connectivity index (χ0) is 14.8. The number of hydrogen-bond acceptors (Lipinski definition) is 4. The Morgan fingerprint density at radius 1 is 1.36 bits per heavy atom. The first-order chi connectivity index (χ1) is 10.2. The molecule has 3 rings (SSSR count). The predicted molar refractivity (Wildman–Crippen MR) is 83.9 cm³/mol. The number of pyridine rings is 1. The maximum absolute atomic E-state index is 11.2. The van der Waals surface area contributed by atoms with Gasteiger partial charge in [-0.15, -0.1) is 0 Å². The average molecular weight is 307 g/mol. The number of hydrogen-bond donors (Lipinski definition) is 1. The van der Waals surface area contributed by atoms with Gasteiger partial charge in [-0.1, -0.05) is 6.07 Å². The molecule has 108 valence electrons. The third-order valence-electron chi connectivity index (χ3n) is 3.27. The molecule has 0 aliphatic heterocycles. The van der Waals surface area contributed by atoms with Crippen LogP contribution in [0.2, 0.25) is 0 Å². The van der Waals surface area contributed by atoms with Crippen molar-refractivity contribution in [2.75, 3.05) is 7.11 Å². The molecule has 1 N–H and O–H groups in total. The topological polar surface area (TPSA) is 72.6 Å². The first-order valence-corrected chi connectivity index (χ1v) is 6.39. The molecule has 0 atom stereocenters. The van der Waals surface area contributed by atoms with Gasteiger partial charge in [-0.2, -0.15) is 0 Å². The van der Waals surface area contributed by atoms with E-state index >= 15 is 0 Å². The molecule has 2 aromatic heterocycles. The third kappa shape index (κ3) is 3.16. The fraction of sp³-hybridized carbons (Fsp3) is 0.125. The molecule has 0 aliphatic carbocycles. The quantitative estimate of drug-likeness (QED) is 0.750. The Balaban J connectivity index is 0.00000176. The summed E-state index contributed by atoms with van der Waals surface area (Å²) in [5.74, 6) is -0.712. The van der Waals surface area contributed by atoms with Gasteiger partial charge in [-0.05, 0) is 35.7 Å². The Morgan fingerprint density at radius 2 is 2.18 bits per heavy atom. The van der Waals surface area contributed by atoms with Crippen LogP contribution in [0.5, 0.6) is 5.75 Å². The average Bonchev–Trinajstić information content (AvgIpc) is 2.91. The molecular weight excluding hydrogens is 293 g/mol. The summed E-state index contributed by atoms with van der Waals surface area (Å²) in [5, 5.41) is 10.3. The van der Waals surface area contributed by atoms with Gasteiger partial charge in [0.2, 0.25) is 5.76 Å². The summed E-state index contributed by atoms with van der Waals surface area (Å²) in [4.78, 5) is 15.2. The number of furan rings is 1. The van der Waals surface area contributed by atoms with E-state index < -0.39 is 5.97 Å². The van der Waals surface area contributed by atoms with Crippen molar-refractivity contribution < 1.29 is 19.1 Å². The van der Waals surface area contributed by atoms with Crippen LogP contribution in [0, 0.1) is 0 Å². The van der Waals surface area contributed by atoms with Crippen LogP contribution >= 0.6 is 0 Å². The SMILES string of the molecule is COc1cc(Cc2cccnc2)cc2coc(C(=O)O)c12.[NaH]. The van der Waals surface area contributed by atoms with E-state index in [0.717, 1.165) is 11.1 Å². The molecule has 3 aromatic rings. The molecule has 6 heteroatoms. The second-order valence-electron chi connectivity index (χ2n) is 4.67. The molecule has 22 heavy (non-hydrogen) atoms. The van der Waals surface area contributed by atoms with Crippen molar-refractivity contribution >= 4 is 46.3 Å². The van der Waals surface area contributed by atoms with E-state index in [1.165, 1.54) is 13.4 Å². The zero-order valence-electron chi connectivity index (χ0n) is 11.4. The summed E-state index contributed by atoms with van der Waals surface area (Å²) in [7, 11) is 1.52. The fourth-order valence-electron chi connectivity index (χ4n) is 2.37. The van der Waals surface area contributed by atoms with Crippen LogP contribution < -0.4 is 4.74 Å². The number of rotatable bonds is 4. The number of ether oxygens (including phenoxy) is 1. The monoisotopic (exact) mass is 307 g/mol. The molecule has 0 aliphatic rings. The number of aromatic carboxylic acids is 1. The van der Waals surface area contributed by atoms with Gasteiger partial charge < -0.3 is 14.3 Å². The van der Waals surface area contributed by atoms with Crippen LogP contribution in [-0.2, 0) is 6.42 Å². The maximum atomic E-state index is 11.2. The van der Waals surface area contributed by atoms with Crippen molar-refractivity contribution in [1.82, 2.24) is 4.98 Å². The Kier molecular flexibility index (Phi) is 5.24. The Bertz CT molecular complexity index is 799. The molecule has 5 nitrogen and oxygen atoms in total. The summed E-state index contributed by atoms with van der Waals surface area (Å²) >= 11 is 0. The number of aromatic nitrogens is 1. The van der Waals surface area contributed by atoms with E-state index in [1.807, 2.05) is 24.3 Å². The van der Waals surface area contributed by atoms with Gasteiger partial charge in [0.25, 0.3) is 0 Å². The van der Waals surface area contributed by atoms with Crippen molar-refractivity contribution in [2.45, 2.75) is 6.42 Å². The standard InChI is InChI=1S/C16H13NO4.Na.H/c1-20-13-7-11(5-10-3-2-4-17-8-10)6-12-9-21-15(14(12)13)16(18)19;;/h2-4,6-9H,5H2,1H3,(H,18,19);;. The molecule has 0 bridgehead atoms. The van der Waals surface area contributed by atoms with E-state index in [-0.39, 0.29) is 35.3 Å². The normalized spacial score (nSPS) is 10.2. The predicted octanol–water partition coefficient (Wildman–Crippen LogP) is 2.48. The molecule has 0 amide bonds. The molecule has 0 fully saturated rings. The van der Waals surface area contributed by atoms with Gasteiger partial charge in [0.1, 0.15) is 5.75 Å². The van der Waals surface area contributed by atoms with Crippen LogP contribution in [0.3, 0.4) is 0 Å². The van der Waals surface area contributed by atoms with Gasteiger partial charge in [0.05, 0.1) is 18.8 Å². The van der Waals surface area contributed by atoms with Crippen molar-refractivity contribution in [3.05, 3.63) is 59.8 Å². The second-order valence-corrected chi connectivity index (χ2v) is 4.67. The number of methoxy groups -OCH3 is 1. The van der Waals surface area contributed by atoms with E-state index in [1.54, 1.807) is 12.4 Å². The number of nitrogens with zero attached hydrogens (tertiary/aromatic N) is 1. The number of fused-ring (bicyclic) bond motifs is 1. The number of benzene rings is 1. The van der Waals surface area contributed by atoms with Gasteiger partial charge >= 0.3 is 35.5 Å². The fourth-order valence-corrected chi connectivity index (χ4v) is 2.37. The third-order valence-corrected chi connectivity index (χ3v) is 3.27. The second kappa shape index (κ2) is 6.96. The number of carbonyl (C=O) groups is 1. The minimum absolute atomic E-state index is 0. The summed E-state index contributed by atoms with van der Waals surface area (Å²) < 4.78 is 10.4. The van der Waals surface area contributed by atoms with Crippen LogP contribution in [-0.4, -0.2) is 52.7 Å². The molecule has 0 spiro atoms. The van der Waals surface area contributed by atoms with Crippen molar-refractivity contribution in [1.29, 1.82) is 0 Å². The Hall–Kier alpha value is -1.82. The number of carboxylic acids is 1.